The molecule has 17 heavy (non-hydrogen) atoms. The van der Waals surface area contributed by atoms with Crippen LogP contribution in [0.4, 0.5) is 0 Å². The van der Waals surface area contributed by atoms with Gasteiger partial charge in [-0.05, 0) is 11.5 Å². The third kappa shape index (κ3) is 1.65. The van der Waals surface area contributed by atoms with E-state index in [0.29, 0.717) is 0 Å². The van der Waals surface area contributed by atoms with Crippen LogP contribution in [0.15, 0.2) is 42.5 Å². The monoisotopic (exact) mass is 242 g/mol. The summed E-state index contributed by atoms with van der Waals surface area (Å²) in [6.07, 6.45) is 0. The van der Waals surface area contributed by atoms with Gasteiger partial charge in [-0.15, -0.1) is 11.3 Å². The van der Waals surface area contributed by atoms with Crippen LogP contribution in [0.5, 0.6) is 0 Å². The molecule has 0 fully saturated rings. The average Bonchev–Trinajstić information content (AvgIpc) is 2.76. The first-order valence-corrected chi connectivity index (χ1v) is 6.24. The highest BCUT2D eigenvalue weighted by atomic mass is 32.1. The highest BCUT2D eigenvalue weighted by molar-refractivity contribution is 7.27. The van der Waals surface area contributed by atoms with E-state index in [9.17, 15) is 5.02 Å². The lowest BCUT2D eigenvalue weighted by molar-refractivity contribution is 0.342. The van der Waals surface area contributed by atoms with Gasteiger partial charge in [0.2, 0.25) is 0 Å². The summed E-state index contributed by atoms with van der Waals surface area (Å²) in [5.74, 6) is 0. The van der Waals surface area contributed by atoms with Crippen molar-refractivity contribution in [2.75, 3.05) is 7.11 Å². The van der Waals surface area contributed by atoms with Crippen molar-refractivity contribution in [2.24, 2.45) is 0 Å². The molecule has 0 spiro atoms. The van der Waals surface area contributed by atoms with Crippen molar-refractivity contribution < 1.29 is 9.68 Å². The summed E-state index contributed by atoms with van der Waals surface area (Å²) >= 11 is 1.69. The molecule has 0 aliphatic heterocycles. The summed E-state index contributed by atoms with van der Waals surface area (Å²) < 4.78 is 7.34. The zero-order valence-corrected chi connectivity index (χ0v) is 10.2. The van der Waals surface area contributed by atoms with Crippen molar-refractivity contribution >= 4 is 44.1 Å². The first-order chi connectivity index (χ1) is 8.31. The van der Waals surface area contributed by atoms with E-state index in [1.807, 2.05) is 24.3 Å². The lowest BCUT2D eigenvalue weighted by atomic mass is 9.79. The standard InChI is InChI=1S/C13H11BO2S/c1-16-14(15)11-7-4-6-10-9-5-2-3-8-12(9)17-13(10)11/h2-8,15H,1H3. The van der Waals surface area contributed by atoms with E-state index < -0.39 is 7.12 Å². The van der Waals surface area contributed by atoms with Crippen LogP contribution in [-0.4, -0.2) is 19.3 Å². The molecule has 2 aromatic carbocycles. The molecule has 1 N–H and O–H groups in total. The van der Waals surface area contributed by atoms with Crippen LogP contribution in [0.2, 0.25) is 0 Å². The van der Waals surface area contributed by atoms with Gasteiger partial charge in [-0.2, -0.15) is 0 Å². The van der Waals surface area contributed by atoms with Crippen LogP contribution >= 0.6 is 11.3 Å². The highest BCUT2D eigenvalue weighted by Crippen LogP contribution is 2.32. The van der Waals surface area contributed by atoms with Crippen LogP contribution in [0.25, 0.3) is 20.2 Å². The SMILES string of the molecule is COB(O)c1cccc2c1sc1ccccc12. The number of thiophene rings is 1. The third-order valence-corrected chi connectivity index (χ3v) is 4.16. The minimum atomic E-state index is -0.855. The largest absolute Gasteiger partial charge is 0.492 e. The van der Waals surface area contributed by atoms with Gasteiger partial charge in [-0.3, -0.25) is 0 Å². The molecule has 0 bridgehead atoms. The van der Waals surface area contributed by atoms with Gasteiger partial charge in [-0.1, -0.05) is 36.4 Å². The summed E-state index contributed by atoms with van der Waals surface area (Å²) in [5.41, 5.74) is 0.839. The Morgan fingerprint density at radius 1 is 1.06 bits per heavy atom. The first-order valence-electron chi connectivity index (χ1n) is 5.42. The Balaban J connectivity index is 2.39. The quantitative estimate of drug-likeness (QED) is 0.699. The van der Waals surface area contributed by atoms with Gasteiger partial charge in [0.15, 0.2) is 0 Å². The van der Waals surface area contributed by atoms with Crippen LogP contribution in [0.3, 0.4) is 0 Å². The molecule has 2 nitrogen and oxygen atoms in total. The Hall–Kier alpha value is -1.36. The molecule has 1 heterocycles. The number of hydrogen-bond donors (Lipinski definition) is 1. The first kappa shape index (κ1) is 10.8. The van der Waals surface area contributed by atoms with Crippen molar-refractivity contribution in [2.45, 2.75) is 0 Å². The summed E-state index contributed by atoms with van der Waals surface area (Å²) in [6, 6.07) is 14.2. The van der Waals surface area contributed by atoms with E-state index in [1.54, 1.807) is 11.3 Å². The molecule has 1 aromatic heterocycles. The summed E-state index contributed by atoms with van der Waals surface area (Å²) in [4.78, 5) is 0. The molecule has 0 saturated carbocycles. The van der Waals surface area contributed by atoms with E-state index in [2.05, 4.69) is 18.2 Å². The normalized spacial score (nSPS) is 11.2. The number of benzene rings is 2. The zero-order valence-electron chi connectivity index (χ0n) is 9.38. The average molecular weight is 242 g/mol. The van der Waals surface area contributed by atoms with Gasteiger partial charge in [0.25, 0.3) is 0 Å². The minimum Gasteiger partial charge on any atom is -0.423 e. The minimum absolute atomic E-state index is 0.839. The molecule has 0 saturated heterocycles. The maximum atomic E-state index is 9.84. The Morgan fingerprint density at radius 3 is 2.65 bits per heavy atom. The second-order valence-electron chi connectivity index (χ2n) is 3.91. The summed E-state index contributed by atoms with van der Waals surface area (Å²) in [5, 5.41) is 12.3. The van der Waals surface area contributed by atoms with Crippen LogP contribution < -0.4 is 5.46 Å². The second kappa shape index (κ2) is 4.15. The van der Waals surface area contributed by atoms with Crippen molar-refractivity contribution in [1.82, 2.24) is 0 Å². The van der Waals surface area contributed by atoms with E-state index >= 15 is 0 Å². The molecule has 0 radical (unpaired) electrons. The highest BCUT2D eigenvalue weighted by Gasteiger charge is 2.19. The van der Waals surface area contributed by atoms with E-state index in [1.165, 1.54) is 22.6 Å². The van der Waals surface area contributed by atoms with Crippen molar-refractivity contribution in [3.05, 3.63) is 42.5 Å². The Kier molecular flexibility index (Phi) is 2.63. The van der Waals surface area contributed by atoms with E-state index in [0.717, 1.165) is 10.2 Å². The number of fused-ring (bicyclic) bond motifs is 3. The van der Waals surface area contributed by atoms with Gasteiger partial charge in [0.1, 0.15) is 0 Å². The molecule has 0 atom stereocenters. The summed E-state index contributed by atoms with van der Waals surface area (Å²) in [7, 11) is 0.656. The van der Waals surface area contributed by atoms with Crippen LogP contribution in [0.1, 0.15) is 0 Å². The van der Waals surface area contributed by atoms with E-state index in [-0.39, 0.29) is 0 Å². The van der Waals surface area contributed by atoms with Crippen LogP contribution in [-0.2, 0) is 4.65 Å². The molecule has 84 valence electrons. The van der Waals surface area contributed by atoms with Gasteiger partial charge < -0.3 is 9.68 Å². The molecular formula is C13H11BO2S. The van der Waals surface area contributed by atoms with E-state index in [4.69, 9.17) is 4.65 Å². The lowest BCUT2D eigenvalue weighted by Gasteiger charge is -2.04. The zero-order chi connectivity index (χ0) is 11.8. The topological polar surface area (TPSA) is 29.5 Å². The number of rotatable bonds is 2. The Labute approximate surface area is 104 Å². The maximum absolute atomic E-state index is 9.84. The van der Waals surface area contributed by atoms with Crippen molar-refractivity contribution in [3.8, 4) is 0 Å². The van der Waals surface area contributed by atoms with Gasteiger partial charge in [0.05, 0.1) is 0 Å². The van der Waals surface area contributed by atoms with Gasteiger partial charge in [-0.25, -0.2) is 0 Å². The Morgan fingerprint density at radius 2 is 1.82 bits per heavy atom. The predicted molar refractivity (Wildman–Crippen MR) is 73.9 cm³/mol. The smallest absolute Gasteiger partial charge is 0.423 e. The predicted octanol–water partition coefficient (Wildman–Crippen LogP) is 2.39. The number of hydrogen-bond acceptors (Lipinski definition) is 3. The van der Waals surface area contributed by atoms with Gasteiger partial charge in [0, 0.05) is 27.4 Å². The molecular weight excluding hydrogens is 231 g/mol. The summed E-state index contributed by atoms with van der Waals surface area (Å²) in [6.45, 7) is 0. The second-order valence-corrected chi connectivity index (χ2v) is 4.96. The fraction of sp³-hybridized carbons (Fsp3) is 0.0769. The fourth-order valence-electron chi connectivity index (χ4n) is 2.09. The molecule has 3 aromatic rings. The molecule has 4 heteroatoms. The third-order valence-electron chi connectivity index (χ3n) is 2.92. The molecule has 0 amide bonds. The Bertz CT molecular complexity index is 677. The molecule has 0 aliphatic carbocycles. The van der Waals surface area contributed by atoms with Gasteiger partial charge >= 0.3 is 7.12 Å². The van der Waals surface area contributed by atoms with Crippen LogP contribution in [0, 0.1) is 0 Å². The fourth-order valence-corrected chi connectivity index (χ4v) is 3.32. The molecule has 0 aliphatic rings. The molecule has 0 unspecified atom stereocenters. The molecule has 3 rings (SSSR count). The lowest BCUT2D eigenvalue weighted by Crippen LogP contribution is -2.32. The van der Waals surface area contributed by atoms with Crippen molar-refractivity contribution in [3.63, 3.8) is 0 Å². The van der Waals surface area contributed by atoms with Crippen molar-refractivity contribution in [1.29, 1.82) is 0 Å². The maximum Gasteiger partial charge on any atom is 0.492 e.